The van der Waals surface area contributed by atoms with Crippen molar-refractivity contribution in [1.29, 1.82) is 0 Å². The number of rotatable bonds is 6. The molecule has 0 unspecified atom stereocenters. The molecule has 0 atom stereocenters. The Morgan fingerprint density at radius 1 is 1.50 bits per heavy atom. The van der Waals surface area contributed by atoms with Gasteiger partial charge in [-0.05, 0) is 18.6 Å². The molecule has 16 heavy (non-hydrogen) atoms. The largest absolute Gasteiger partial charge is 0.493 e. The summed E-state index contributed by atoms with van der Waals surface area (Å²) < 4.78 is 5.50. The smallest absolute Gasteiger partial charge is 0.255 e. The van der Waals surface area contributed by atoms with Gasteiger partial charge in [-0.3, -0.25) is 4.79 Å². The first kappa shape index (κ1) is 12.3. The van der Waals surface area contributed by atoms with Crippen molar-refractivity contribution < 1.29 is 9.53 Å². The lowest BCUT2D eigenvalue weighted by molar-refractivity contribution is 0.0954. The van der Waals surface area contributed by atoms with Crippen molar-refractivity contribution in [1.82, 2.24) is 5.32 Å². The summed E-state index contributed by atoms with van der Waals surface area (Å²) in [4.78, 5) is 11.7. The zero-order chi connectivity index (χ0) is 11.8. The first-order chi connectivity index (χ1) is 7.79. The molecule has 1 N–H and O–H groups in total. The van der Waals surface area contributed by atoms with Gasteiger partial charge in [0, 0.05) is 6.54 Å². The zero-order valence-electron chi connectivity index (χ0n) is 9.53. The summed E-state index contributed by atoms with van der Waals surface area (Å²) in [5, 5.41) is 2.73. The third kappa shape index (κ3) is 3.42. The van der Waals surface area contributed by atoms with Crippen molar-refractivity contribution in [3.05, 3.63) is 42.5 Å². The van der Waals surface area contributed by atoms with Crippen LogP contribution < -0.4 is 10.1 Å². The molecule has 0 aliphatic heterocycles. The minimum Gasteiger partial charge on any atom is -0.493 e. The standard InChI is InChI=1S/C13H17NO2/c1-3-9-14-13(15)11-7-5-6-8-12(11)16-10-4-2/h3,5-8H,1,4,9-10H2,2H3,(H,14,15). The molecule has 0 saturated heterocycles. The summed E-state index contributed by atoms with van der Waals surface area (Å²) in [6.45, 7) is 6.66. The predicted molar refractivity (Wildman–Crippen MR) is 64.8 cm³/mol. The van der Waals surface area contributed by atoms with Crippen molar-refractivity contribution in [2.24, 2.45) is 0 Å². The highest BCUT2D eigenvalue weighted by Crippen LogP contribution is 2.17. The molecule has 1 amide bonds. The molecule has 0 aromatic heterocycles. The highest BCUT2D eigenvalue weighted by molar-refractivity contribution is 5.96. The van der Waals surface area contributed by atoms with Gasteiger partial charge in [0.25, 0.3) is 5.91 Å². The van der Waals surface area contributed by atoms with E-state index in [1.165, 1.54) is 0 Å². The van der Waals surface area contributed by atoms with Crippen molar-refractivity contribution in [3.63, 3.8) is 0 Å². The fourth-order valence-electron chi connectivity index (χ4n) is 1.25. The summed E-state index contributed by atoms with van der Waals surface area (Å²) >= 11 is 0. The Morgan fingerprint density at radius 2 is 2.25 bits per heavy atom. The molecule has 1 aromatic rings. The lowest BCUT2D eigenvalue weighted by Crippen LogP contribution is -2.23. The summed E-state index contributed by atoms with van der Waals surface area (Å²) in [6, 6.07) is 7.23. The van der Waals surface area contributed by atoms with Crippen LogP contribution in [0.4, 0.5) is 0 Å². The van der Waals surface area contributed by atoms with E-state index < -0.39 is 0 Å². The fourth-order valence-corrected chi connectivity index (χ4v) is 1.25. The number of carbonyl (C=O) groups excluding carboxylic acids is 1. The normalized spacial score (nSPS) is 9.56. The van der Waals surface area contributed by atoms with Gasteiger partial charge in [0.05, 0.1) is 12.2 Å². The van der Waals surface area contributed by atoms with E-state index in [-0.39, 0.29) is 5.91 Å². The number of ether oxygens (including phenoxy) is 1. The van der Waals surface area contributed by atoms with Gasteiger partial charge in [-0.25, -0.2) is 0 Å². The SMILES string of the molecule is C=CCNC(=O)c1ccccc1OCCC. The highest BCUT2D eigenvalue weighted by atomic mass is 16.5. The Balaban J connectivity index is 2.76. The summed E-state index contributed by atoms with van der Waals surface area (Å²) in [7, 11) is 0. The number of amides is 1. The average Bonchev–Trinajstić information content (AvgIpc) is 2.33. The van der Waals surface area contributed by atoms with E-state index in [0.717, 1.165) is 6.42 Å². The van der Waals surface area contributed by atoms with E-state index in [1.54, 1.807) is 18.2 Å². The van der Waals surface area contributed by atoms with Crippen LogP contribution in [0.3, 0.4) is 0 Å². The van der Waals surface area contributed by atoms with Crippen LogP contribution in [0, 0.1) is 0 Å². The summed E-state index contributed by atoms with van der Waals surface area (Å²) in [5.41, 5.74) is 0.567. The maximum Gasteiger partial charge on any atom is 0.255 e. The number of para-hydroxylation sites is 1. The molecule has 1 aromatic carbocycles. The van der Waals surface area contributed by atoms with Gasteiger partial charge in [0.1, 0.15) is 5.75 Å². The number of benzene rings is 1. The molecule has 0 aliphatic carbocycles. The topological polar surface area (TPSA) is 38.3 Å². The molecular formula is C13H17NO2. The Hall–Kier alpha value is -1.77. The van der Waals surface area contributed by atoms with Gasteiger partial charge in [-0.2, -0.15) is 0 Å². The second-order valence-corrected chi connectivity index (χ2v) is 3.34. The van der Waals surface area contributed by atoms with Gasteiger partial charge in [0.15, 0.2) is 0 Å². The molecular weight excluding hydrogens is 202 g/mol. The molecule has 0 saturated carbocycles. The van der Waals surface area contributed by atoms with Gasteiger partial charge in [-0.1, -0.05) is 25.1 Å². The maximum atomic E-state index is 11.7. The second kappa shape index (κ2) is 6.67. The zero-order valence-corrected chi connectivity index (χ0v) is 9.53. The van der Waals surface area contributed by atoms with Crippen molar-refractivity contribution in [3.8, 4) is 5.75 Å². The minimum absolute atomic E-state index is 0.133. The van der Waals surface area contributed by atoms with E-state index in [9.17, 15) is 4.79 Å². The van der Waals surface area contributed by atoms with E-state index in [2.05, 4.69) is 11.9 Å². The van der Waals surface area contributed by atoms with Crippen LogP contribution in [-0.4, -0.2) is 19.1 Å². The first-order valence-electron chi connectivity index (χ1n) is 5.40. The number of hydrogen-bond donors (Lipinski definition) is 1. The van der Waals surface area contributed by atoms with E-state index in [1.807, 2.05) is 19.1 Å². The van der Waals surface area contributed by atoms with Gasteiger partial charge >= 0.3 is 0 Å². The fraction of sp³-hybridized carbons (Fsp3) is 0.308. The van der Waals surface area contributed by atoms with Gasteiger partial charge < -0.3 is 10.1 Å². The third-order valence-electron chi connectivity index (χ3n) is 2.00. The van der Waals surface area contributed by atoms with Crippen LogP contribution in [-0.2, 0) is 0 Å². The van der Waals surface area contributed by atoms with E-state index in [0.29, 0.717) is 24.5 Å². The molecule has 0 aliphatic rings. The molecule has 0 heterocycles. The number of hydrogen-bond acceptors (Lipinski definition) is 2. The first-order valence-corrected chi connectivity index (χ1v) is 5.40. The molecule has 0 spiro atoms. The van der Waals surface area contributed by atoms with Crippen molar-refractivity contribution in [2.75, 3.05) is 13.2 Å². The van der Waals surface area contributed by atoms with E-state index >= 15 is 0 Å². The Bertz CT molecular complexity index is 361. The van der Waals surface area contributed by atoms with Crippen LogP contribution >= 0.6 is 0 Å². The average molecular weight is 219 g/mol. The lowest BCUT2D eigenvalue weighted by atomic mass is 10.2. The second-order valence-electron chi connectivity index (χ2n) is 3.34. The summed E-state index contributed by atoms with van der Waals surface area (Å²) in [5.74, 6) is 0.498. The van der Waals surface area contributed by atoms with E-state index in [4.69, 9.17) is 4.74 Å². The highest BCUT2D eigenvalue weighted by Gasteiger charge is 2.10. The lowest BCUT2D eigenvalue weighted by Gasteiger charge is -2.10. The number of carbonyl (C=O) groups is 1. The predicted octanol–water partition coefficient (Wildman–Crippen LogP) is 2.39. The van der Waals surface area contributed by atoms with Crippen LogP contribution in [0.15, 0.2) is 36.9 Å². The Morgan fingerprint density at radius 3 is 2.94 bits per heavy atom. The van der Waals surface area contributed by atoms with Crippen molar-refractivity contribution >= 4 is 5.91 Å². The quantitative estimate of drug-likeness (QED) is 0.746. The molecule has 86 valence electrons. The monoisotopic (exact) mass is 219 g/mol. The van der Waals surface area contributed by atoms with Gasteiger partial charge in [0.2, 0.25) is 0 Å². The molecule has 0 bridgehead atoms. The number of nitrogens with one attached hydrogen (secondary N) is 1. The Labute approximate surface area is 96.1 Å². The van der Waals surface area contributed by atoms with Crippen molar-refractivity contribution in [2.45, 2.75) is 13.3 Å². The molecule has 3 heteroatoms. The third-order valence-corrected chi connectivity index (χ3v) is 2.00. The minimum atomic E-state index is -0.133. The summed E-state index contributed by atoms with van der Waals surface area (Å²) in [6.07, 6.45) is 2.57. The molecule has 0 radical (unpaired) electrons. The van der Waals surface area contributed by atoms with Crippen LogP contribution in [0.5, 0.6) is 5.75 Å². The maximum absolute atomic E-state index is 11.7. The molecule has 3 nitrogen and oxygen atoms in total. The molecule has 1 rings (SSSR count). The van der Waals surface area contributed by atoms with Crippen LogP contribution in [0.2, 0.25) is 0 Å². The molecule has 0 fully saturated rings. The Kier molecular flexibility index (Phi) is 5.12. The van der Waals surface area contributed by atoms with Gasteiger partial charge in [-0.15, -0.1) is 6.58 Å². The van der Waals surface area contributed by atoms with Crippen LogP contribution in [0.1, 0.15) is 23.7 Å². The van der Waals surface area contributed by atoms with Crippen LogP contribution in [0.25, 0.3) is 0 Å².